The molecule has 1 fully saturated rings. The molecule has 5 rings (SSSR count). The number of aromatic amines is 1. The van der Waals surface area contributed by atoms with Crippen LogP contribution in [0.2, 0.25) is 0 Å². The smallest absolute Gasteiger partial charge is 0.253 e. The molecule has 8 heteroatoms. The minimum atomic E-state index is -0.353. The van der Waals surface area contributed by atoms with Gasteiger partial charge < -0.3 is 9.88 Å². The maximum atomic E-state index is 13.5. The van der Waals surface area contributed by atoms with Gasteiger partial charge in [0.15, 0.2) is 5.82 Å². The monoisotopic (exact) mass is 485 g/mol. The molecule has 188 valence electrons. The van der Waals surface area contributed by atoms with Crippen LogP contribution in [-0.4, -0.2) is 56.3 Å². The molecule has 1 aliphatic rings. The number of piperazine rings is 1. The third kappa shape index (κ3) is 4.53. The summed E-state index contributed by atoms with van der Waals surface area (Å²) in [5, 5.41) is 13.8. The highest BCUT2D eigenvalue weighted by Crippen LogP contribution is 2.31. The summed E-state index contributed by atoms with van der Waals surface area (Å²) in [6.07, 6.45) is 0. The molecule has 8 nitrogen and oxygen atoms in total. The van der Waals surface area contributed by atoms with E-state index in [1.165, 1.54) is 16.8 Å². The van der Waals surface area contributed by atoms with Crippen molar-refractivity contribution in [2.75, 3.05) is 31.1 Å². The Morgan fingerprint density at radius 1 is 0.917 bits per heavy atom. The highest BCUT2D eigenvalue weighted by molar-refractivity contribution is 5.79. The first-order valence-corrected chi connectivity index (χ1v) is 12.6. The molecule has 0 bridgehead atoms. The van der Waals surface area contributed by atoms with E-state index in [-0.39, 0.29) is 17.1 Å². The second kappa shape index (κ2) is 9.17. The molecular formula is C28H35N7O. The van der Waals surface area contributed by atoms with Gasteiger partial charge in [-0.25, -0.2) is 4.68 Å². The first-order valence-electron chi connectivity index (χ1n) is 12.6. The van der Waals surface area contributed by atoms with E-state index in [0.717, 1.165) is 42.6 Å². The van der Waals surface area contributed by atoms with Crippen molar-refractivity contribution in [1.82, 2.24) is 30.1 Å². The van der Waals surface area contributed by atoms with Crippen molar-refractivity contribution < 1.29 is 0 Å². The minimum absolute atomic E-state index is 0.100. The summed E-state index contributed by atoms with van der Waals surface area (Å²) < 4.78 is 1.86. The van der Waals surface area contributed by atoms with E-state index in [2.05, 4.69) is 96.1 Å². The molecule has 2 aromatic heterocycles. The number of hydrogen-bond donors (Lipinski definition) is 1. The molecular weight excluding hydrogens is 450 g/mol. The number of aryl methyl sites for hydroxylation is 3. The molecule has 0 aliphatic carbocycles. The molecule has 1 atom stereocenters. The highest BCUT2D eigenvalue weighted by Gasteiger charge is 2.35. The van der Waals surface area contributed by atoms with Crippen molar-refractivity contribution in [3.8, 4) is 0 Å². The zero-order valence-electron chi connectivity index (χ0n) is 22.0. The van der Waals surface area contributed by atoms with Crippen LogP contribution in [-0.2, 0) is 5.54 Å². The van der Waals surface area contributed by atoms with Crippen LogP contribution >= 0.6 is 0 Å². The van der Waals surface area contributed by atoms with Gasteiger partial charge in [0, 0.05) is 42.9 Å². The van der Waals surface area contributed by atoms with Gasteiger partial charge in [-0.3, -0.25) is 9.69 Å². The van der Waals surface area contributed by atoms with Crippen LogP contribution in [0.15, 0.2) is 47.3 Å². The molecule has 0 amide bonds. The Morgan fingerprint density at radius 2 is 1.61 bits per heavy atom. The van der Waals surface area contributed by atoms with Crippen molar-refractivity contribution in [1.29, 1.82) is 0 Å². The number of anilines is 1. The molecule has 3 heterocycles. The van der Waals surface area contributed by atoms with E-state index < -0.39 is 0 Å². The zero-order valence-corrected chi connectivity index (χ0v) is 22.0. The van der Waals surface area contributed by atoms with E-state index in [1.807, 2.05) is 22.9 Å². The maximum Gasteiger partial charge on any atom is 0.253 e. The van der Waals surface area contributed by atoms with Crippen LogP contribution < -0.4 is 10.5 Å². The number of hydrogen-bond acceptors (Lipinski definition) is 6. The standard InChI is InChI=1S/C28H35N7O/c1-18-8-10-23-21(15-18)17-22(27(36)29-23)25(26-30-31-32-35(26)28(4,5)6)34-13-11-33(12-14-34)24-16-19(2)7-9-20(24)3/h7-10,15-17,25H,11-14H2,1-6H3,(H,29,36)/t25-/m1/s1. The van der Waals surface area contributed by atoms with E-state index in [9.17, 15) is 4.79 Å². The predicted molar refractivity (Wildman–Crippen MR) is 144 cm³/mol. The molecule has 0 unspecified atom stereocenters. The van der Waals surface area contributed by atoms with Crippen LogP contribution in [0.25, 0.3) is 10.9 Å². The molecule has 1 saturated heterocycles. The summed E-state index contributed by atoms with van der Waals surface area (Å²) in [4.78, 5) is 21.3. The number of nitrogens with zero attached hydrogens (tertiary/aromatic N) is 6. The molecule has 0 saturated carbocycles. The van der Waals surface area contributed by atoms with Gasteiger partial charge in [0.05, 0.1) is 5.54 Å². The van der Waals surface area contributed by atoms with Crippen LogP contribution in [0.3, 0.4) is 0 Å². The van der Waals surface area contributed by atoms with E-state index in [1.54, 1.807) is 0 Å². The fraction of sp³-hybridized carbons (Fsp3) is 0.429. The largest absolute Gasteiger partial charge is 0.369 e. The van der Waals surface area contributed by atoms with Gasteiger partial charge in [0.25, 0.3) is 5.56 Å². The van der Waals surface area contributed by atoms with Crippen LogP contribution in [0.4, 0.5) is 5.69 Å². The second-order valence-electron chi connectivity index (χ2n) is 11.0. The van der Waals surface area contributed by atoms with Crippen LogP contribution in [0.1, 0.15) is 54.9 Å². The molecule has 36 heavy (non-hydrogen) atoms. The Bertz CT molecular complexity index is 1460. The molecule has 2 aromatic carbocycles. The lowest BCUT2D eigenvalue weighted by Crippen LogP contribution is -2.49. The summed E-state index contributed by atoms with van der Waals surface area (Å²) in [5.74, 6) is 0.695. The van der Waals surface area contributed by atoms with Gasteiger partial charge in [-0.1, -0.05) is 23.8 Å². The number of tetrazole rings is 1. The lowest BCUT2D eigenvalue weighted by atomic mass is 10.00. The van der Waals surface area contributed by atoms with Gasteiger partial charge >= 0.3 is 0 Å². The van der Waals surface area contributed by atoms with Gasteiger partial charge in [-0.15, -0.1) is 5.10 Å². The maximum absolute atomic E-state index is 13.5. The normalized spacial score (nSPS) is 16.0. The van der Waals surface area contributed by atoms with Crippen molar-refractivity contribution in [2.24, 2.45) is 0 Å². The molecule has 0 spiro atoms. The number of nitrogens with one attached hydrogen (secondary N) is 1. The van der Waals surface area contributed by atoms with Gasteiger partial charge in [0.2, 0.25) is 0 Å². The Hall–Kier alpha value is -3.52. The average Bonchev–Trinajstić information content (AvgIpc) is 3.32. The molecule has 1 N–H and O–H groups in total. The second-order valence-corrected chi connectivity index (χ2v) is 11.0. The topological polar surface area (TPSA) is 82.9 Å². The first-order chi connectivity index (χ1) is 17.1. The number of aromatic nitrogens is 5. The summed E-state index contributed by atoms with van der Waals surface area (Å²) in [5.41, 5.74) is 6.07. The van der Waals surface area contributed by atoms with E-state index in [0.29, 0.717) is 11.4 Å². The summed E-state index contributed by atoms with van der Waals surface area (Å²) >= 11 is 0. The van der Waals surface area contributed by atoms with Gasteiger partial charge in [0.1, 0.15) is 6.04 Å². The molecule has 0 radical (unpaired) electrons. The SMILES string of the molecule is Cc1ccc(C)c(N2CCN([C@H](c3cc4cc(C)ccc4[nH]c3=O)c3nnnn3C(C)(C)C)CC2)c1. The first kappa shape index (κ1) is 24.2. The summed E-state index contributed by atoms with van der Waals surface area (Å²) in [7, 11) is 0. The van der Waals surface area contributed by atoms with Crippen molar-refractivity contribution in [3.05, 3.63) is 80.9 Å². The fourth-order valence-electron chi connectivity index (χ4n) is 5.17. The Balaban J connectivity index is 1.56. The van der Waals surface area contributed by atoms with Crippen LogP contribution in [0.5, 0.6) is 0 Å². The van der Waals surface area contributed by atoms with E-state index >= 15 is 0 Å². The number of pyridine rings is 1. The fourth-order valence-corrected chi connectivity index (χ4v) is 5.17. The molecule has 4 aromatic rings. The van der Waals surface area contributed by atoms with Crippen molar-refractivity contribution >= 4 is 16.6 Å². The number of rotatable bonds is 4. The zero-order chi connectivity index (χ0) is 25.6. The summed E-state index contributed by atoms with van der Waals surface area (Å²) in [6, 6.07) is 14.4. The number of benzene rings is 2. The number of H-pyrrole nitrogens is 1. The minimum Gasteiger partial charge on any atom is -0.369 e. The van der Waals surface area contributed by atoms with E-state index in [4.69, 9.17) is 0 Å². The quantitative estimate of drug-likeness (QED) is 0.469. The van der Waals surface area contributed by atoms with Crippen LogP contribution in [0, 0.1) is 20.8 Å². The predicted octanol–water partition coefficient (Wildman–Crippen LogP) is 4.11. The third-order valence-corrected chi connectivity index (χ3v) is 7.08. The summed E-state index contributed by atoms with van der Waals surface area (Å²) in [6.45, 7) is 15.9. The lowest BCUT2D eigenvalue weighted by Gasteiger charge is -2.40. The Kier molecular flexibility index (Phi) is 6.16. The number of fused-ring (bicyclic) bond motifs is 1. The third-order valence-electron chi connectivity index (χ3n) is 7.08. The highest BCUT2D eigenvalue weighted by atomic mass is 16.1. The Morgan fingerprint density at radius 3 is 2.33 bits per heavy atom. The van der Waals surface area contributed by atoms with Crippen molar-refractivity contribution in [3.63, 3.8) is 0 Å². The lowest BCUT2D eigenvalue weighted by molar-refractivity contribution is 0.190. The molecule has 1 aliphatic heterocycles. The van der Waals surface area contributed by atoms with Crippen molar-refractivity contribution in [2.45, 2.75) is 53.1 Å². The van der Waals surface area contributed by atoms with Gasteiger partial charge in [-0.05, 0) is 92.7 Å². The van der Waals surface area contributed by atoms with Gasteiger partial charge in [-0.2, -0.15) is 0 Å². The average molecular weight is 486 g/mol. The Labute approximate surface area is 211 Å².